The van der Waals surface area contributed by atoms with Gasteiger partial charge in [-0.05, 0) is 49.8 Å². The first-order valence-electron chi connectivity index (χ1n) is 13.6. The van der Waals surface area contributed by atoms with Crippen molar-refractivity contribution >= 4 is 28.9 Å². The molecule has 1 saturated heterocycles. The molecule has 8 nitrogen and oxygen atoms in total. The van der Waals surface area contributed by atoms with Gasteiger partial charge in [0, 0.05) is 57.1 Å². The lowest BCUT2D eigenvalue weighted by molar-refractivity contribution is -0.116. The maximum Gasteiger partial charge on any atom is 0.253 e. The van der Waals surface area contributed by atoms with Gasteiger partial charge in [-0.15, -0.1) is 0 Å². The number of methoxy groups -OCH3 is 1. The van der Waals surface area contributed by atoms with Gasteiger partial charge in [0.15, 0.2) is 0 Å². The molecule has 0 aliphatic carbocycles. The van der Waals surface area contributed by atoms with Gasteiger partial charge >= 0.3 is 0 Å². The van der Waals surface area contributed by atoms with Gasteiger partial charge < -0.3 is 30.1 Å². The molecule has 1 heterocycles. The van der Waals surface area contributed by atoms with E-state index in [0.29, 0.717) is 24.2 Å². The number of unbranched alkanes of at least 4 members (excludes halogenated alkanes) is 1. The summed E-state index contributed by atoms with van der Waals surface area (Å²) in [6.45, 7) is 12.8. The van der Waals surface area contributed by atoms with Crippen molar-refractivity contribution < 1.29 is 14.3 Å². The highest BCUT2D eigenvalue weighted by atomic mass is 16.5. The predicted octanol–water partition coefficient (Wildman–Crippen LogP) is 4.22. The summed E-state index contributed by atoms with van der Waals surface area (Å²) < 4.78 is 5.55. The third-order valence-corrected chi connectivity index (χ3v) is 6.94. The molecule has 0 atom stereocenters. The molecule has 0 bridgehead atoms. The Morgan fingerprint density at radius 1 is 0.946 bits per heavy atom. The summed E-state index contributed by atoms with van der Waals surface area (Å²) in [6, 6.07) is 13.8. The molecule has 1 aliphatic rings. The van der Waals surface area contributed by atoms with Crippen molar-refractivity contribution in [1.29, 1.82) is 0 Å². The Balaban J connectivity index is 1.76. The summed E-state index contributed by atoms with van der Waals surface area (Å²) >= 11 is 0. The van der Waals surface area contributed by atoms with Crippen molar-refractivity contribution in [2.24, 2.45) is 0 Å². The minimum atomic E-state index is -0.112. The monoisotopic (exact) mass is 509 g/mol. The van der Waals surface area contributed by atoms with E-state index in [4.69, 9.17) is 4.74 Å². The minimum absolute atomic E-state index is 0.0204. The van der Waals surface area contributed by atoms with E-state index in [-0.39, 0.29) is 11.8 Å². The van der Waals surface area contributed by atoms with Crippen LogP contribution in [0, 0.1) is 0 Å². The van der Waals surface area contributed by atoms with Crippen LogP contribution in [0.5, 0.6) is 5.75 Å². The Labute approximate surface area is 222 Å². The van der Waals surface area contributed by atoms with Crippen LogP contribution in [0.2, 0.25) is 0 Å². The van der Waals surface area contributed by atoms with Gasteiger partial charge in [-0.25, -0.2) is 0 Å². The number of nitrogens with one attached hydrogen (secondary N) is 2. The Hall–Kier alpha value is -3.26. The predicted molar refractivity (Wildman–Crippen MR) is 152 cm³/mol. The summed E-state index contributed by atoms with van der Waals surface area (Å²) in [5, 5.41) is 6.06. The molecule has 0 unspecified atom stereocenters. The molecular weight excluding hydrogens is 466 g/mol. The molecule has 0 spiro atoms. The van der Waals surface area contributed by atoms with Crippen molar-refractivity contribution in [3.05, 3.63) is 48.0 Å². The molecule has 0 aromatic heterocycles. The van der Waals surface area contributed by atoms with Gasteiger partial charge in [0.05, 0.1) is 18.4 Å². The standard InChI is InChI=1S/C29H43N5O3/c1-5-8-13-28(35)31-23-14-15-25(24(22-23)29(36)30-16-17-32(6-2)7-3)33-18-20-34(21-19-33)26-11-9-10-12-27(26)37-4/h9-12,14-15,22H,5-8,13,16-21H2,1-4H3,(H,30,36)(H,31,35). The highest BCUT2D eigenvalue weighted by molar-refractivity contribution is 6.02. The molecule has 37 heavy (non-hydrogen) atoms. The Morgan fingerprint density at radius 2 is 1.62 bits per heavy atom. The topological polar surface area (TPSA) is 77.1 Å². The van der Waals surface area contributed by atoms with Gasteiger partial charge in [0.1, 0.15) is 5.75 Å². The minimum Gasteiger partial charge on any atom is -0.495 e. The number of nitrogens with zero attached hydrogens (tertiary/aromatic N) is 3. The number of piperazine rings is 1. The van der Waals surface area contributed by atoms with E-state index in [9.17, 15) is 9.59 Å². The average Bonchev–Trinajstić information content (AvgIpc) is 2.94. The largest absolute Gasteiger partial charge is 0.495 e. The number of benzene rings is 2. The van der Waals surface area contributed by atoms with Crippen molar-refractivity contribution in [1.82, 2.24) is 10.2 Å². The van der Waals surface area contributed by atoms with Crippen LogP contribution in [0.25, 0.3) is 0 Å². The van der Waals surface area contributed by atoms with Gasteiger partial charge in [-0.3, -0.25) is 9.59 Å². The first-order valence-corrected chi connectivity index (χ1v) is 13.6. The summed E-state index contributed by atoms with van der Waals surface area (Å²) in [4.78, 5) is 32.5. The number of hydrogen-bond acceptors (Lipinski definition) is 6. The maximum atomic E-state index is 13.3. The summed E-state index contributed by atoms with van der Waals surface area (Å²) in [7, 11) is 1.70. The van der Waals surface area contributed by atoms with Crippen molar-refractivity contribution in [2.45, 2.75) is 40.0 Å². The van der Waals surface area contributed by atoms with E-state index >= 15 is 0 Å². The Bertz CT molecular complexity index is 1020. The molecule has 3 rings (SSSR count). The Morgan fingerprint density at radius 3 is 2.27 bits per heavy atom. The van der Waals surface area contributed by atoms with E-state index in [2.05, 4.69) is 52.2 Å². The van der Waals surface area contributed by atoms with Gasteiger partial charge in [0.25, 0.3) is 5.91 Å². The molecule has 2 aromatic carbocycles. The lowest BCUT2D eigenvalue weighted by atomic mass is 10.1. The van der Waals surface area contributed by atoms with E-state index in [1.165, 1.54) is 0 Å². The molecule has 0 radical (unpaired) electrons. The van der Waals surface area contributed by atoms with Crippen molar-refractivity contribution in [2.75, 3.05) is 74.6 Å². The molecule has 2 amide bonds. The molecule has 0 saturated carbocycles. The fourth-order valence-corrected chi connectivity index (χ4v) is 4.67. The second kappa shape index (κ2) is 14.5. The van der Waals surface area contributed by atoms with Crippen molar-refractivity contribution in [3.8, 4) is 5.75 Å². The molecule has 1 aliphatic heterocycles. The number of carbonyl (C=O) groups is 2. The number of amides is 2. The zero-order valence-corrected chi connectivity index (χ0v) is 22.9. The lowest BCUT2D eigenvalue weighted by Gasteiger charge is -2.38. The first kappa shape index (κ1) is 28.3. The SMILES string of the molecule is CCCCC(=O)Nc1ccc(N2CCN(c3ccccc3OC)CC2)c(C(=O)NCCN(CC)CC)c1. The number of likely N-dealkylation sites (N-methyl/N-ethyl adjacent to an activating group) is 1. The number of para-hydroxylation sites is 2. The van der Waals surface area contributed by atoms with Crippen LogP contribution in [0.3, 0.4) is 0 Å². The zero-order chi connectivity index (χ0) is 26.6. The van der Waals surface area contributed by atoms with Crippen molar-refractivity contribution in [3.63, 3.8) is 0 Å². The molecule has 2 N–H and O–H groups in total. The fraction of sp³-hybridized carbons (Fsp3) is 0.517. The number of anilines is 3. The van der Waals surface area contributed by atoms with Gasteiger partial charge in [-0.1, -0.05) is 39.3 Å². The molecule has 2 aromatic rings. The van der Waals surface area contributed by atoms with E-state index in [0.717, 1.165) is 75.8 Å². The van der Waals surface area contributed by atoms with Crippen LogP contribution < -0.4 is 25.2 Å². The lowest BCUT2D eigenvalue weighted by Crippen LogP contribution is -2.47. The van der Waals surface area contributed by atoms with Crippen LogP contribution in [-0.4, -0.2) is 76.2 Å². The van der Waals surface area contributed by atoms with Crippen LogP contribution in [0.1, 0.15) is 50.4 Å². The van der Waals surface area contributed by atoms with E-state index < -0.39 is 0 Å². The highest BCUT2D eigenvalue weighted by Gasteiger charge is 2.24. The molecule has 202 valence electrons. The molecule has 1 fully saturated rings. The Kier molecular flexibility index (Phi) is 11.1. The van der Waals surface area contributed by atoms with Crippen LogP contribution in [0.4, 0.5) is 17.1 Å². The van der Waals surface area contributed by atoms with Crippen LogP contribution in [0.15, 0.2) is 42.5 Å². The first-order chi connectivity index (χ1) is 18.0. The van der Waals surface area contributed by atoms with Gasteiger partial charge in [-0.2, -0.15) is 0 Å². The number of hydrogen-bond donors (Lipinski definition) is 2. The zero-order valence-electron chi connectivity index (χ0n) is 22.9. The number of ether oxygens (including phenoxy) is 1. The summed E-state index contributed by atoms with van der Waals surface area (Å²) in [6.07, 6.45) is 2.29. The smallest absolute Gasteiger partial charge is 0.253 e. The molecule has 8 heteroatoms. The second-order valence-corrected chi connectivity index (χ2v) is 9.31. The third-order valence-electron chi connectivity index (χ3n) is 6.94. The third kappa shape index (κ3) is 7.86. The van der Waals surface area contributed by atoms with E-state index in [1.54, 1.807) is 7.11 Å². The second-order valence-electron chi connectivity index (χ2n) is 9.31. The highest BCUT2D eigenvalue weighted by Crippen LogP contribution is 2.31. The normalized spacial score (nSPS) is 13.5. The maximum absolute atomic E-state index is 13.3. The molecular formula is C29H43N5O3. The summed E-state index contributed by atoms with van der Waals surface area (Å²) in [5.74, 6) is 0.735. The van der Waals surface area contributed by atoms with Crippen LogP contribution >= 0.6 is 0 Å². The quantitative estimate of drug-likeness (QED) is 0.421. The van der Waals surface area contributed by atoms with Gasteiger partial charge in [0.2, 0.25) is 5.91 Å². The number of rotatable bonds is 13. The van der Waals surface area contributed by atoms with Crippen LogP contribution in [-0.2, 0) is 4.79 Å². The number of carbonyl (C=O) groups excluding carboxylic acids is 2. The average molecular weight is 510 g/mol. The summed E-state index contributed by atoms with van der Waals surface area (Å²) in [5.41, 5.74) is 3.24. The van der Waals surface area contributed by atoms with E-state index in [1.807, 2.05) is 36.4 Å². The fourth-order valence-electron chi connectivity index (χ4n) is 4.67.